The Labute approximate surface area is 131 Å². The molecule has 0 aromatic heterocycles. The molecule has 0 aliphatic heterocycles. The minimum Gasteiger partial charge on any atom is -0.412 e. The second-order valence-electron chi connectivity index (χ2n) is 7.22. The van der Waals surface area contributed by atoms with Crippen LogP contribution in [0.3, 0.4) is 0 Å². The molecule has 2 nitrogen and oxygen atoms in total. The molecule has 1 aromatic rings. The Morgan fingerprint density at radius 2 is 1.81 bits per heavy atom. The lowest BCUT2D eigenvalue weighted by Crippen LogP contribution is -2.46. The molecule has 1 aromatic carbocycles. The van der Waals surface area contributed by atoms with Gasteiger partial charge in [-0.05, 0) is 36.5 Å². The molecule has 3 heteroatoms. The summed E-state index contributed by atoms with van der Waals surface area (Å²) in [5.41, 5.74) is 7.64. The van der Waals surface area contributed by atoms with E-state index in [1.165, 1.54) is 0 Å². The quantitative estimate of drug-likeness (QED) is 0.565. The smallest absolute Gasteiger partial charge is 0.192 e. The third-order valence-corrected chi connectivity index (χ3v) is 9.00. The fourth-order valence-corrected chi connectivity index (χ4v) is 3.41. The zero-order valence-electron chi connectivity index (χ0n) is 14.2. The van der Waals surface area contributed by atoms with Gasteiger partial charge in [-0.1, -0.05) is 57.2 Å². The Bertz CT molecular complexity index is 436. The normalized spacial score (nSPS) is 15.5. The third kappa shape index (κ3) is 5.10. The van der Waals surface area contributed by atoms with Crippen molar-refractivity contribution in [3.63, 3.8) is 0 Å². The summed E-state index contributed by atoms with van der Waals surface area (Å²) in [7, 11) is -1.83. The van der Waals surface area contributed by atoms with Crippen LogP contribution in [0.2, 0.25) is 18.1 Å². The maximum Gasteiger partial charge on any atom is 0.192 e. The first-order valence-electron chi connectivity index (χ1n) is 7.78. The van der Waals surface area contributed by atoms with Crippen LogP contribution >= 0.6 is 0 Å². The predicted octanol–water partition coefficient (Wildman–Crippen LogP) is 5.04. The first kappa shape index (κ1) is 18.1. The Balaban J connectivity index is 2.93. The summed E-state index contributed by atoms with van der Waals surface area (Å²) in [6, 6.07) is 10.2. The van der Waals surface area contributed by atoms with Gasteiger partial charge in [-0.25, -0.2) is 0 Å². The summed E-state index contributed by atoms with van der Waals surface area (Å²) in [5, 5.41) is 0.190. The van der Waals surface area contributed by atoms with Crippen LogP contribution in [-0.2, 0) is 4.43 Å². The molecule has 0 aliphatic rings. The lowest BCUT2D eigenvalue weighted by atomic mass is 9.99. The van der Waals surface area contributed by atoms with E-state index in [4.69, 9.17) is 10.2 Å². The highest BCUT2D eigenvalue weighted by atomic mass is 28.4. The maximum absolute atomic E-state index is 6.59. The van der Waals surface area contributed by atoms with Gasteiger partial charge >= 0.3 is 0 Å². The average molecular weight is 306 g/mol. The van der Waals surface area contributed by atoms with Crippen molar-refractivity contribution in [1.82, 2.24) is 0 Å². The molecule has 0 unspecified atom stereocenters. The standard InChI is InChI=1S/C18H31NOSi/c1-7-8-14-16(20-21(5,6)18(2,3)4)17(19)15-12-10-9-11-13-15/h7,9-13,16-17H,1,8,14,19H2,2-6H3/t16-,17+/m1/s1. The van der Waals surface area contributed by atoms with E-state index >= 15 is 0 Å². The van der Waals surface area contributed by atoms with Crippen LogP contribution in [0.25, 0.3) is 0 Å². The van der Waals surface area contributed by atoms with Crippen LogP contribution in [0, 0.1) is 0 Å². The Hall–Kier alpha value is -0.903. The summed E-state index contributed by atoms with van der Waals surface area (Å²) in [4.78, 5) is 0. The van der Waals surface area contributed by atoms with Gasteiger partial charge in [0, 0.05) is 0 Å². The summed E-state index contributed by atoms with van der Waals surface area (Å²) < 4.78 is 6.59. The van der Waals surface area contributed by atoms with E-state index in [2.05, 4.69) is 52.6 Å². The average Bonchev–Trinajstić information content (AvgIpc) is 2.42. The second kappa shape index (κ2) is 7.39. The van der Waals surface area contributed by atoms with Crippen molar-refractivity contribution in [3.05, 3.63) is 48.6 Å². The number of allylic oxidation sites excluding steroid dienone is 1. The van der Waals surface area contributed by atoms with Crippen molar-refractivity contribution in [1.29, 1.82) is 0 Å². The van der Waals surface area contributed by atoms with E-state index in [9.17, 15) is 0 Å². The minimum absolute atomic E-state index is 0.0475. The molecule has 0 aliphatic carbocycles. The van der Waals surface area contributed by atoms with Gasteiger partial charge in [0.2, 0.25) is 0 Å². The molecule has 1 rings (SSSR count). The Morgan fingerprint density at radius 1 is 1.24 bits per heavy atom. The van der Waals surface area contributed by atoms with Gasteiger partial charge in [-0.2, -0.15) is 0 Å². The molecule has 0 spiro atoms. The van der Waals surface area contributed by atoms with Crippen molar-refractivity contribution in [2.24, 2.45) is 5.73 Å². The van der Waals surface area contributed by atoms with Gasteiger partial charge in [0.15, 0.2) is 8.32 Å². The Morgan fingerprint density at radius 3 is 2.29 bits per heavy atom. The van der Waals surface area contributed by atoms with Crippen molar-refractivity contribution in [2.45, 2.75) is 63.9 Å². The summed E-state index contributed by atoms with van der Waals surface area (Å²) >= 11 is 0. The van der Waals surface area contributed by atoms with Gasteiger partial charge in [0.25, 0.3) is 0 Å². The maximum atomic E-state index is 6.59. The van der Waals surface area contributed by atoms with Crippen molar-refractivity contribution in [3.8, 4) is 0 Å². The molecule has 0 fully saturated rings. The zero-order valence-corrected chi connectivity index (χ0v) is 15.2. The van der Waals surface area contributed by atoms with Crippen LogP contribution in [0.1, 0.15) is 45.2 Å². The van der Waals surface area contributed by atoms with Crippen LogP contribution < -0.4 is 5.73 Å². The van der Waals surface area contributed by atoms with Crippen LogP contribution in [0.15, 0.2) is 43.0 Å². The van der Waals surface area contributed by atoms with E-state index in [-0.39, 0.29) is 17.2 Å². The molecule has 0 saturated heterocycles. The SMILES string of the molecule is C=CCC[C@@H](O[Si](C)(C)C(C)(C)C)[C@@H](N)c1ccccc1. The van der Waals surface area contributed by atoms with Gasteiger partial charge in [-0.3, -0.25) is 0 Å². The van der Waals surface area contributed by atoms with E-state index in [1.54, 1.807) is 0 Å². The molecule has 0 heterocycles. The number of benzene rings is 1. The fourth-order valence-electron chi connectivity index (χ4n) is 2.04. The number of nitrogens with two attached hydrogens (primary N) is 1. The Kier molecular flexibility index (Phi) is 6.38. The number of hydrogen-bond donors (Lipinski definition) is 1. The number of rotatable bonds is 7. The highest BCUT2D eigenvalue weighted by Crippen LogP contribution is 2.39. The molecule has 0 radical (unpaired) electrons. The van der Waals surface area contributed by atoms with Crippen molar-refractivity contribution < 1.29 is 4.43 Å². The van der Waals surface area contributed by atoms with E-state index in [0.717, 1.165) is 18.4 Å². The molecule has 118 valence electrons. The van der Waals surface area contributed by atoms with Gasteiger partial charge in [-0.15, -0.1) is 6.58 Å². The highest BCUT2D eigenvalue weighted by Gasteiger charge is 2.40. The lowest BCUT2D eigenvalue weighted by molar-refractivity contribution is 0.144. The van der Waals surface area contributed by atoms with Crippen LogP contribution in [0.4, 0.5) is 0 Å². The van der Waals surface area contributed by atoms with Gasteiger partial charge in [0.1, 0.15) is 0 Å². The largest absolute Gasteiger partial charge is 0.412 e. The van der Waals surface area contributed by atoms with Crippen LogP contribution in [0.5, 0.6) is 0 Å². The molecule has 0 amide bonds. The van der Waals surface area contributed by atoms with Gasteiger partial charge in [0.05, 0.1) is 12.1 Å². The van der Waals surface area contributed by atoms with Crippen LogP contribution in [-0.4, -0.2) is 14.4 Å². The van der Waals surface area contributed by atoms with Crippen molar-refractivity contribution in [2.75, 3.05) is 0 Å². The second-order valence-corrected chi connectivity index (χ2v) is 12.0. The molecule has 2 atom stereocenters. The fraction of sp³-hybridized carbons (Fsp3) is 0.556. The summed E-state index contributed by atoms with van der Waals surface area (Å²) in [6.45, 7) is 15.2. The third-order valence-electron chi connectivity index (χ3n) is 4.49. The first-order chi connectivity index (χ1) is 9.69. The molecular formula is C18H31NOSi. The molecule has 0 saturated carbocycles. The summed E-state index contributed by atoms with van der Waals surface area (Å²) in [5.74, 6) is 0. The molecule has 0 bridgehead atoms. The van der Waals surface area contributed by atoms with E-state index in [1.807, 2.05) is 24.3 Å². The summed E-state index contributed by atoms with van der Waals surface area (Å²) in [6.07, 6.45) is 3.84. The zero-order chi connectivity index (χ0) is 16.1. The monoisotopic (exact) mass is 305 g/mol. The predicted molar refractivity (Wildman–Crippen MR) is 94.9 cm³/mol. The molecule has 21 heavy (non-hydrogen) atoms. The highest BCUT2D eigenvalue weighted by molar-refractivity contribution is 6.74. The number of hydrogen-bond acceptors (Lipinski definition) is 2. The first-order valence-corrected chi connectivity index (χ1v) is 10.7. The van der Waals surface area contributed by atoms with Crippen molar-refractivity contribution >= 4 is 8.32 Å². The minimum atomic E-state index is -1.83. The van der Waals surface area contributed by atoms with E-state index < -0.39 is 8.32 Å². The van der Waals surface area contributed by atoms with Gasteiger partial charge < -0.3 is 10.2 Å². The topological polar surface area (TPSA) is 35.2 Å². The lowest BCUT2D eigenvalue weighted by Gasteiger charge is -2.41. The van der Waals surface area contributed by atoms with E-state index in [0.29, 0.717) is 0 Å². The molecule has 2 N–H and O–H groups in total. The molecular weight excluding hydrogens is 274 g/mol.